The lowest BCUT2D eigenvalue weighted by Gasteiger charge is -1.86. The van der Waals surface area contributed by atoms with Gasteiger partial charge in [0.1, 0.15) is 0 Å². The molecule has 0 atom stereocenters. The van der Waals surface area contributed by atoms with Gasteiger partial charge in [0.25, 0.3) is 0 Å². The van der Waals surface area contributed by atoms with E-state index < -0.39 is 0 Å². The third kappa shape index (κ3) is 8.83. The summed E-state index contributed by atoms with van der Waals surface area (Å²) in [5, 5.41) is 0. The fourth-order valence-corrected chi connectivity index (χ4v) is 0.802. The SMILES string of the molecule is C=CCCN.CC1=CC=CC=CC1. The van der Waals surface area contributed by atoms with Crippen LogP contribution in [0.1, 0.15) is 19.8 Å². The summed E-state index contributed by atoms with van der Waals surface area (Å²) < 4.78 is 0. The lowest BCUT2D eigenvalue weighted by molar-refractivity contribution is 1.01. The van der Waals surface area contributed by atoms with E-state index in [9.17, 15) is 0 Å². The molecule has 0 aromatic carbocycles. The summed E-state index contributed by atoms with van der Waals surface area (Å²) in [6, 6.07) is 0. The van der Waals surface area contributed by atoms with Gasteiger partial charge in [0, 0.05) is 0 Å². The van der Waals surface area contributed by atoms with Crippen molar-refractivity contribution in [2.75, 3.05) is 6.54 Å². The van der Waals surface area contributed by atoms with E-state index in [1.165, 1.54) is 5.57 Å². The van der Waals surface area contributed by atoms with Crippen LogP contribution in [0.3, 0.4) is 0 Å². The summed E-state index contributed by atoms with van der Waals surface area (Å²) in [5.41, 5.74) is 6.49. The molecule has 0 fully saturated rings. The summed E-state index contributed by atoms with van der Waals surface area (Å²) in [6.07, 6.45) is 14.3. The van der Waals surface area contributed by atoms with Crippen molar-refractivity contribution in [1.82, 2.24) is 0 Å². The summed E-state index contributed by atoms with van der Waals surface area (Å²) in [4.78, 5) is 0. The second kappa shape index (κ2) is 9.01. The summed E-state index contributed by atoms with van der Waals surface area (Å²) in [5.74, 6) is 0. The Morgan fingerprint density at radius 3 is 2.77 bits per heavy atom. The zero-order valence-corrected chi connectivity index (χ0v) is 8.37. The molecule has 0 saturated heterocycles. The summed E-state index contributed by atoms with van der Waals surface area (Å²) in [6.45, 7) is 6.33. The molecule has 2 N–H and O–H groups in total. The van der Waals surface area contributed by atoms with Crippen LogP contribution in [0.5, 0.6) is 0 Å². The molecule has 0 radical (unpaired) electrons. The van der Waals surface area contributed by atoms with Crippen LogP contribution in [0.15, 0.2) is 48.6 Å². The molecule has 0 amide bonds. The first kappa shape index (κ1) is 11.9. The first-order valence-corrected chi connectivity index (χ1v) is 4.61. The van der Waals surface area contributed by atoms with Crippen LogP contribution in [0.2, 0.25) is 0 Å². The highest BCUT2D eigenvalue weighted by Gasteiger charge is 1.83. The third-order valence-electron chi connectivity index (χ3n) is 1.55. The Morgan fingerprint density at radius 2 is 2.23 bits per heavy atom. The van der Waals surface area contributed by atoms with Crippen molar-refractivity contribution in [3.05, 3.63) is 48.6 Å². The van der Waals surface area contributed by atoms with Gasteiger partial charge in [-0.3, -0.25) is 0 Å². The van der Waals surface area contributed by atoms with E-state index in [-0.39, 0.29) is 0 Å². The molecule has 1 aliphatic carbocycles. The quantitative estimate of drug-likeness (QED) is 0.645. The van der Waals surface area contributed by atoms with E-state index >= 15 is 0 Å². The van der Waals surface area contributed by atoms with Crippen molar-refractivity contribution < 1.29 is 0 Å². The van der Waals surface area contributed by atoms with Crippen LogP contribution in [-0.4, -0.2) is 6.54 Å². The van der Waals surface area contributed by atoms with Crippen molar-refractivity contribution in [3.8, 4) is 0 Å². The Hall–Kier alpha value is -1.08. The minimum absolute atomic E-state index is 0.726. The molecule has 0 spiro atoms. The molecule has 0 aromatic rings. The molecule has 13 heavy (non-hydrogen) atoms. The molecule has 1 rings (SSSR count). The number of hydrogen-bond acceptors (Lipinski definition) is 1. The maximum atomic E-state index is 5.07. The highest BCUT2D eigenvalue weighted by Crippen LogP contribution is 2.03. The summed E-state index contributed by atoms with van der Waals surface area (Å²) in [7, 11) is 0. The minimum Gasteiger partial charge on any atom is -0.330 e. The van der Waals surface area contributed by atoms with Crippen LogP contribution in [0.4, 0.5) is 0 Å². The molecule has 0 bridgehead atoms. The van der Waals surface area contributed by atoms with Crippen LogP contribution >= 0.6 is 0 Å². The second-order valence-electron chi connectivity index (χ2n) is 2.90. The van der Waals surface area contributed by atoms with Crippen LogP contribution in [0, 0.1) is 0 Å². The smallest absolute Gasteiger partial charge is 0.00427 e. The molecule has 72 valence electrons. The molecule has 0 saturated carbocycles. The average molecular weight is 177 g/mol. The second-order valence-corrected chi connectivity index (χ2v) is 2.90. The largest absolute Gasteiger partial charge is 0.330 e. The fraction of sp³-hybridized carbons (Fsp3) is 0.333. The number of nitrogens with two attached hydrogens (primary N) is 1. The third-order valence-corrected chi connectivity index (χ3v) is 1.55. The van der Waals surface area contributed by atoms with Crippen LogP contribution < -0.4 is 5.73 Å². The van der Waals surface area contributed by atoms with E-state index in [0.717, 1.165) is 19.4 Å². The molecule has 0 aromatic heterocycles. The van der Waals surface area contributed by atoms with Gasteiger partial charge in [-0.25, -0.2) is 0 Å². The lowest BCUT2D eigenvalue weighted by Crippen LogP contribution is -1.94. The molecule has 0 heterocycles. The minimum atomic E-state index is 0.726. The lowest BCUT2D eigenvalue weighted by atomic mass is 10.2. The van der Waals surface area contributed by atoms with Gasteiger partial charge in [-0.2, -0.15) is 0 Å². The van der Waals surface area contributed by atoms with Gasteiger partial charge in [-0.05, 0) is 26.3 Å². The van der Waals surface area contributed by atoms with Crippen molar-refractivity contribution >= 4 is 0 Å². The van der Waals surface area contributed by atoms with Crippen molar-refractivity contribution in [2.45, 2.75) is 19.8 Å². The van der Waals surface area contributed by atoms with Crippen molar-refractivity contribution in [2.24, 2.45) is 5.73 Å². The molecule has 0 unspecified atom stereocenters. The standard InChI is InChI=1S/C8H10.C4H9N/c1-8-6-4-2-3-5-7-8;1-2-3-4-5/h2-6H,7H2,1H3;2H,1,3-5H2. The highest BCUT2D eigenvalue weighted by atomic mass is 14.5. The molecular formula is C12H19N. The van der Waals surface area contributed by atoms with Gasteiger partial charge in [0.2, 0.25) is 0 Å². The Kier molecular flexibility index (Phi) is 8.26. The van der Waals surface area contributed by atoms with Crippen LogP contribution in [0.25, 0.3) is 0 Å². The van der Waals surface area contributed by atoms with Gasteiger partial charge in [0.15, 0.2) is 0 Å². The molecule has 0 aliphatic heterocycles. The van der Waals surface area contributed by atoms with E-state index in [2.05, 4.69) is 43.9 Å². The topological polar surface area (TPSA) is 26.0 Å². The maximum Gasteiger partial charge on any atom is -0.00427 e. The first-order valence-electron chi connectivity index (χ1n) is 4.61. The monoisotopic (exact) mass is 177 g/mol. The normalized spacial score (nSPS) is 13.8. The first-order chi connectivity index (χ1) is 6.31. The van der Waals surface area contributed by atoms with Gasteiger partial charge < -0.3 is 5.73 Å². The van der Waals surface area contributed by atoms with Crippen molar-refractivity contribution in [1.29, 1.82) is 0 Å². The Bertz CT molecular complexity index is 209. The van der Waals surface area contributed by atoms with Crippen LogP contribution in [-0.2, 0) is 0 Å². The number of hydrogen-bond donors (Lipinski definition) is 1. The van der Waals surface area contributed by atoms with Gasteiger partial charge >= 0.3 is 0 Å². The Morgan fingerprint density at radius 1 is 1.46 bits per heavy atom. The predicted octanol–water partition coefficient (Wildman–Crippen LogP) is 2.97. The average Bonchev–Trinajstić information content (AvgIpc) is 2.35. The fourth-order valence-electron chi connectivity index (χ4n) is 0.802. The zero-order chi connectivity index (χ0) is 9.94. The van der Waals surface area contributed by atoms with Gasteiger partial charge in [-0.1, -0.05) is 42.0 Å². The Labute approximate surface area is 81.3 Å². The number of rotatable bonds is 2. The molecule has 1 nitrogen and oxygen atoms in total. The van der Waals surface area contributed by atoms with E-state index in [1.807, 2.05) is 0 Å². The number of allylic oxidation sites excluding steroid dienone is 6. The van der Waals surface area contributed by atoms with Crippen molar-refractivity contribution in [3.63, 3.8) is 0 Å². The molecule has 1 aliphatic rings. The van der Waals surface area contributed by atoms with Gasteiger partial charge in [-0.15, -0.1) is 6.58 Å². The Balaban J connectivity index is 0.000000252. The zero-order valence-electron chi connectivity index (χ0n) is 8.37. The highest BCUT2D eigenvalue weighted by molar-refractivity contribution is 5.21. The maximum absolute atomic E-state index is 5.07. The van der Waals surface area contributed by atoms with E-state index in [4.69, 9.17) is 5.73 Å². The van der Waals surface area contributed by atoms with E-state index in [1.54, 1.807) is 6.08 Å². The molecular weight excluding hydrogens is 158 g/mol. The molecule has 1 heteroatoms. The predicted molar refractivity (Wildman–Crippen MR) is 60.5 cm³/mol. The summed E-state index contributed by atoms with van der Waals surface area (Å²) >= 11 is 0. The van der Waals surface area contributed by atoms with Gasteiger partial charge in [0.05, 0.1) is 0 Å². The van der Waals surface area contributed by atoms with E-state index in [0.29, 0.717) is 0 Å².